The summed E-state index contributed by atoms with van der Waals surface area (Å²) in [4.78, 5) is 28.1. The van der Waals surface area contributed by atoms with E-state index >= 15 is 0 Å². The third-order valence-electron chi connectivity index (χ3n) is 8.97. The van der Waals surface area contributed by atoms with Crippen molar-refractivity contribution < 1.29 is 34.0 Å². The average molecular weight is 528 g/mol. The largest absolute Gasteiger partial charge is 0.485 e. The molecule has 1 amide bonds. The fourth-order valence-electron chi connectivity index (χ4n) is 7.24. The van der Waals surface area contributed by atoms with Gasteiger partial charge in [-0.25, -0.2) is 4.79 Å². The summed E-state index contributed by atoms with van der Waals surface area (Å²) in [5, 5.41) is 23.7. The van der Waals surface area contributed by atoms with Crippen LogP contribution in [0.15, 0.2) is 72.8 Å². The summed E-state index contributed by atoms with van der Waals surface area (Å²) >= 11 is 0. The van der Waals surface area contributed by atoms with Crippen LogP contribution in [-0.4, -0.2) is 57.4 Å². The van der Waals surface area contributed by atoms with Crippen molar-refractivity contribution in [3.63, 3.8) is 0 Å². The Balaban J connectivity index is 1.26. The number of rotatable bonds is 5. The number of aliphatic hydroxyl groups excluding tert-OH is 1. The van der Waals surface area contributed by atoms with Crippen LogP contribution in [0.3, 0.4) is 0 Å². The average Bonchev–Trinajstić information content (AvgIpc) is 3.31. The number of hydrogen-bond donors (Lipinski definition) is 2. The molecule has 1 saturated carbocycles. The number of carbonyl (C=O) groups is 2. The zero-order valence-corrected chi connectivity index (χ0v) is 21.3. The molecule has 1 spiro atoms. The molecule has 5 atom stereocenters. The molecule has 2 bridgehead atoms. The molecular formula is C31H29NO7. The molecule has 0 unspecified atom stereocenters. The van der Waals surface area contributed by atoms with Gasteiger partial charge in [-0.2, -0.15) is 0 Å². The van der Waals surface area contributed by atoms with Crippen LogP contribution in [0.1, 0.15) is 35.1 Å². The number of hydrogen-bond acceptors (Lipinski definition) is 7. The first-order valence-corrected chi connectivity index (χ1v) is 13.3. The van der Waals surface area contributed by atoms with E-state index < -0.39 is 35.4 Å². The van der Waals surface area contributed by atoms with Crippen molar-refractivity contribution in [3.8, 4) is 11.5 Å². The second-order valence-corrected chi connectivity index (χ2v) is 10.9. The second-order valence-electron chi connectivity index (χ2n) is 10.9. The zero-order chi connectivity index (χ0) is 26.8. The molecule has 7 rings (SSSR count). The van der Waals surface area contributed by atoms with Crippen molar-refractivity contribution in [1.29, 1.82) is 0 Å². The molecule has 3 aromatic rings. The van der Waals surface area contributed by atoms with E-state index in [1.807, 2.05) is 72.8 Å². The van der Waals surface area contributed by atoms with Gasteiger partial charge in [-0.15, -0.1) is 0 Å². The topological polar surface area (TPSA) is 106 Å². The van der Waals surface area contributed by atoms with Crippen molar-refractivity contribution in [3.05, 3.63) is 95.1 Å². The molecule has 1 saturated heterocycles. The number of piperidine rings is 1. The SMILES string of the molecule is O=C1C[C@H](O)[C@@]2(O)[C@H]3Cc4ccc(OCc5ccccc5)c5c4[C@@]2(CCN3C(=O)OCc2ccccc2)[C@H]1O5. The summed E-state index contributed by atoms with van der Waals surface area (Å²) in [5.74, 6) is 0.686. The lowest BCUT2D eigenvalue weighted by Gasteiger charge is -2.63. The second kappa shape index (κ2) is 8.83. The lowest BCUT2D eigenvalue weighted by atomic mass is 9.48. The first kappa shape index (κ1) is 24.2. The number of Topliss-reactive ketones (excluding diaryl/α,β-unsaturated/α-hetero) is 1. The molecule has 0 radical (unpaired) electrons. The number of amides is 1. The Bertz CT molecular complexity index is 1440. The maximum atomic E-state index is 13.3. The van der Waals surface area contributed by atoms with E-state index in [9.17, 15) is 19.8 Å². The fraction of sp³-hybridized carbons (Fsp3) is 0.355. The van der Waals surface area contributed by atoms with Crippen LogP contribution in [-0.2, 0) is 34.6 Å². The van der Waals surface area contributed by atoms with Gasteiger partial charge >= 0.3 is 6.09 Å². The molecule has 8 heteroatoms. The summed E-state index contributed by atoms with van der Waals surface area (Å²) in [5.41, 5.74) is 0.468. The molecule has 0 aromatic heterocycles. The molecule has 200 valence electrons. The third-order valence-corrected chi connectivity index (χ3v) is 8.97. The molecular weight excluding hydrogens is 498 g/mol. The van der Waals surface area contributed by atoms with Gasteiger partial charge in [0.2, 0.25) is 0 Å². The molecule has 2 N–H and O–H groups in total. The highest BCUT2D eigenvalue weighted by molar-refractivity contribution is 5.91. The maximum absolute atomic E-state index is 13.3. The first-order valence-electron chi connectivity index (χ1n) is 13.3. The van der Waals surface area contributed by atoms with Crippen LogP contribution in [0.4, 0.5) is 4.79 Å². The van der Waals surface area contributed by atoms with E-state index in [4.69, 9.17) is 14.2 Å². The Kier molecular flexibility index (Phi) is 5.47. The number of aliphatic hydroxyl groups is 2. The third kappa shape index (κ3) is 3.38. The Morgan fingerprint density at radius 2 is 1.67 bits per heavy atom. The summed E-state index contributed by atoms with van der Waals surface area (Å²) in [6.45, 7) is 0.675. The van der Waals surface area contributed by atoms with Gasteiger partial charge in [0.05, 0.1) is 17.6 Å². The van der Waals surface area contributed by atoms with Crippen LogP contribution in [0, 0.1) is 0 Å². The van der Waals surface area contributed by atoms with E-state index in [2.05, 4.69) is 0 Å². The Morgan fingerprint density at radius 3 is 2.38 bits per heavy atom. The van der Waals surface area contributed by atoms with E-state index in [-0.39, 0.29) is 31.8 Å². The highest BCUT2D eigenvalue weighted by Crippen LogP contribution is 2.65. The Labute approximate surface area is 225 Å². The molecule has 2 aliphatic carbocycles. The van der Waals surface area contributed by atoms with E-state index in [1.54, 1.807) is 0 Å². The highest BCUT2D eigenvalue weighted by atomic mass is 16.6. The van der Waals surface area contributed by atoms with Crippen LogP contribution in [0.25, 0.3) is 0 Å². The van der Waals surface area contributed by atoms with Crippen molar-refractivity contribution in [2.75, 3.05) is 6.54 Å². The minimum absolute atomic E-state index is 0.0993. The van der Waals surface area contributed by atoms with Crippen LogP contribution in [0.2, 0.25) is 0 Å². The smallest absolute Gasteiger partial charge is 0.410 e. The summed E-state index contributed by atoms with van der Waals surface area (Å²) in [7, 11) is 0. The molecule has 39 heavy (non-hydrogen) atoms. The minimum atomic E-state index is -1.79. The van der Waals surface area contributed by atoms with Gasteiger partial charge in [-0.05, 0) is 35.6 Å². The molecule has 8 nitrogen and oxygen atoms in total. The van der Waals surface area contributed by atoms with Crippen LogP contribution < -0.4 is 9.47 Å². The van der Waals surface area contributed by atoms with Gasteiger partial charge in [0.15, 0.2) is 23.4 Å². The number of carbonyl (C=O) groups excluding carboxylic acids is 2. The Morgan fingerprint density at radius 1 is 0.974 bits per heavy atom. The van der Waals surface area contributed by atoms with Crippen molar-refractivity contribution >= 4 is 11.9 Å². The number of ether oxygens (including phenoxy) is 3. The van der Waals surface area contributed by atoms with E-state index in [0.29, 0.717) is 24.5 Å². The highest BCUT2D eigenvalue weighted by Gasteiger charge is 2.76. The monoisotopic (exact) mass is 527 g/mol. The predicted octanol–water partition coefficient (Wildman–Crippen LogP) is 3.30. The zero-order valence-electron chi connectivity index (χ0n) is 21.3. The van der Waals surface area contributed by atoms with Crippen molar-refractivity contribution in [1.82, 2.24) is 4.90 Å². The number of likely N-dealkylation sites (tertiary alicyclic amines) is 1. The molecule has 3 aromatic carbocycles. The standard InChI is InChI=1S/C31H29NO7/c33-22-16-25(34)31(36)24-15-21-11-12-23(37-17-19-7-3-1-4-8-19)27-26(21)30(31,28(22)39-27)13-14-32(24)29(35)38-18-20-9-5-2-6-10-20/h1-12,24-25,28,34,36H,13-18H2/t24-,25+,28+,30+,31+/m1/s1. The summed E-state index contributed by atoms with van der Waals surface area (Å²) in [6, 6.07) is 22.1. The quantitative estimate of drug-likeness (QED) is 0.525. The summed E-state index contributed by atoms with van der Waals surface area (Å²) in [6.07, 6.45) is -2.59. The van der Waals surface area contributed by atoms with Crippen LogP contribution in [0.5, 0.6) is 11.5 Å². The van der Waals surface area contributed by atoms with Gasteiger partial charge in [0.1, 0.15) is 18.8 Å². The lowest BCUT2D eigenvalue weighted by Crippen LogP contribution is -2.81. The predicted molar refractivity (Wildman–Crippen MR) is 139 cm³/mol. The van der Waals surface area contributed by atoms with E-state index in [1.165, 1.54) is 4.90 Å². The normalized spacial score (nSPS) is 29.8. The van der Waals surface area contributed by atoms with Gasteiger partial charge in [0, 0.05) is 18.5 Å². The molecule has 2 fully saturated rings. The molecule has 2 heterocycles. The molecule has 2 aliphatic heterocycles. The van der Waals surface area contributed by atoms with Gasteiger partial charge in [-0.1, -0.05) is 66.7 Å². The summed E-state index contributed by atoms with van der Waals surface area (Å²) < 4.78 is 18.1. The maximum Gasteiger partial charge on any atom is 0.410 e. The number of ketones is 1. The van der Waals surface area contributed by atoms with Gasteiger partial charge in [0.25, 0.3) is 0 Å². The molecule has 4 aliphatic rings. The van der Waals surface area contributed by atoms with Gasteiger partial charge < -0.3 is 29.3 Å². The number of nitrogens with zero attached hydrogens (tertiary/aromatic N) is 1. The minimum Gasteiger partial charge on any atom is -0.485 e. The lowest BCUT2D eigenvalue weighted by molar-refractivity contribution is -0.224. The number of benzene rings is 3. The van der Waals surface area contributed by atoms with Gasteiger partial charge in [-0.3, -0.25) is 4.79 Å². The van der Waals surface area contributed by atoms with Crippen molar-refractivity contribution in [2.45, 2.75) is 61.7 Å². The Hall–Kier alpha value is -3.88. The van der Waals surface area contributed by atoms with Crippen molar-refractivity contribution in [2.24, 2.45) is 0 Å². The fourth-order valence-corrected chi connectivity index (χ4v) is 7.24. The van der Waals surface area contributed by atoms with Crippen LogP contribution >= 0.6 is 0 Å². The van der Waals surface area contributed by atoms with E-state index in [0.717, 1.165) is 22.3 Å². The first-order chi connectivity index (χ1) is 18.9.